The van der Waals surface area contributed by atoms with Gasteiger partial charge in [0.25, 0.3) is 5.91 Å². The van der Waals surface area contributed by atoms with Crippen LogP contribution in [0.5, 0.6) is 0 Å². The van der Waals surface area contributed by atoms with Gasteiger partial charge >= 0.3 is 12.0 Å². The summed E-state index contributed by atoms with van der Waals surface area (Å²) in [6.45, 7) is 7.88. The number of hydrogen-bond acceptors (Lipinski definition) is 6. The number of esters is 1. The standard InChI is InChI=1S/C19H27N3O5/c1-14(2)11-20-19(25)21-17(23)13-27-18(24)16-5-3-15(4-6-16)12-22-7-9-26-10-8-22/h3-6,14H,7-13H2,1-2H3,(H2,20,21,23,25). The highest BCUT2D eigenvalue weighted by Gasteiger charge is 2.14. The zero-order valence-electron chi connectivity index (χ0n) is 15.8. The highest BCUT2D eigenvalue weighted by Crippen LogP contribution is 2.10. The largest absolute Gasteiger partial charge is 0.452 e. The van der Waals surface area contributed by atoms with E-state index in [1.807, 2.05) is 26.0 Å². The molecule has 1 aromatic carbocycles. The molecule has 1 fully saturated rings. The normalized spacial score (nSPS) is 14.6. The van der Waals surface area contributed by atoms with Gasteiger partial charge in [-0.05, 0) is 23.6 Å². The summed E-state index contributed by atoms with van der Waals surface area (Å²) in [7, 11) is 0. The van der Waals surface area contributed by atoms with E-state index in [1.54, 1.807) is 12.1 Å². The summed E-state index contributed by atoms with van der Waals surface area (Å²) in [5.41, 5.74) is 1.45. The SMILES string of the molecule is CC(C)CNC(=O)NC(=O)COC(=O)c1ccc(CN2CCOCC2)cc1. The van der Waals surface area contributed by atoms with Gasteiger partial charge in [-0.1, -0.05) is 26.0 Å². The van der Waals surface area contributed by atoms with Crippen molar-refractivity contribution < 1.29 is 23.9 Å². The quantitative estimate of drug-likeness (QED) is 0.692. The van der Waals surface area contributed by atoms with Crippen molar-refractivity contribution in [3.63, 3.8) is 0 Å². The molecule has 1 saturated heterocycles. The van der Waals surface area contributed by atoms with Gasteiger partial charge in [-0.2, -0.15) is 0 Å². The molecule has 0 radical (unpaired) electrons. The molecular weight excluding hydrogens is 350 g/mol. The van der Waals surface area contributed by atoms with E-state index in [4.69, 9.17) is 9.47 Å². The number of amides is 3. The summed E-state index contributed by atoms with van der Waals surface area (Å²) in [5, 5.41) is 4.66. The molecule has 0 saturated carbocycles. The molecular formula is C19H27N3O5. The number of morpholine rings is 1. The lowest BCUT2D eigenvalue weighted by atomic mass is 10.1. The molecule has 0 atom stereocenters. The monoisotopic (exact) mass is 377 g/mol. The molecule has 1 aromatic rings. The van der Waals surface area contributed by atoms with Gasteiger partial charge in [-0.15, -0.1) is 0 Å². The Bertz CT molecular complexity index is 639. The summed E-state index contributed by atoms with van der Waals surface area (Å²) in [6, 6.07) is 6.48. The number of carbonyl (C=O) groups is 3. The fourth-order valence-corrected chi connectivity index (χ4v) is 2.48. The predicted molar refractivity (Wildman–Crippen MR) is 99.2 cm³/mol. The van der Waals surface area contributed by atoms with E-state index in [9.17, 15) is 14.4 Å². The van der Waals surface area contributed by atoms with Gasteiger partial charge < -0.3 is 14.8 Å². The molecule has 27 heavy (non-hydrogen) atoms. The minimum absolute atomic E-state index is 0.273. The first-order valence-corrected chi connectivity index (χ1v) is 9.08. The van der Waals surface area contributed by atoms with E-state index in [2.05, 4.69) is 15.5 Å². The van der Waals surface area contributed by atoms with Gasteiger partial charge in [0.1, 0.15) is 0 Å². The summed E-state index contributed by atoms with van der Waals surface area (Å²) in [6.07, 6.45) is 0. The van der Waals surface area contributed by atoms with Crippen LogP contribution in [0.15, 0.2) is 24.3 Å². The second-order valence-corrected chi connectivity index (χ2v) is 6.81. The topological polar surface area (TPSA) is 97.0 Å². The highest BCUT2D eigenvalue weighted by molar-refractivity contribution is 5.97. The molecule has 0 bridgehead atoms. The molecule has 1 aliphatic rings. The molecule has 2 rings (SSSR count). The van der Waals surface area contributed by atoms with E-state index < -0.39 is 24.5 Å². The van der Waals surface area contributed by atoms with Crippen LogP contribution in [0, 0.1) is 5.92 Å². The molecule has 148 valence electrons. The van der Waals surface area contributed by atoms with Crippen molar-refractivity contribution in [2.45, 2.75) is 20.4 Å². The average molecular weight is 377 g/mol. The van der Waals surface area contributed by atoms with Crippen LogP contribution in [0.4, 0.5) is 4.79 Å². The Balaban J connectivity index is 1.73. The third-order valence-electron chi connectivity index (χ3n) is 3.96. The first-order chi connectivity index (χ1) is 12.9. The average Bonchev–Trinajstić information content (AvgIpc) is 2.66. The number of nitrogens with one attached hydrogen (secondary N) is 2. The number of nitrogens with zero attached hydrogens (tertiary/aromatic N) is 1. The summed E-state index contributed by atoms with van der Waals surface area (Å²) >= 11 is 0. The summed E-state index contributed by atoms with van der Waals surface area (Å²) < 4.78 is 10.3. The third kappa shape index (κ3) is 7.76. The lowest BCUT2D eigenvalue weighted by Crippen LogP contribution is -2.42. The van der Waals surface area contributed by atoms with Crippen LogP contribution < -0.4 is 10.6 Å². The Morgan fingerprint density at radius 2 is 1.81 bits per heavy atom. The Kier molecular flexibility index (Phi) is 8.22. The van der Waals surface area contributed by atoms with Gasteiger partial charge in [0.2, 0.25) is 0 Å². The smallest absolute Gasteiger partial charge is 0.338 e. The minimum Gasteiger partial charge on any atom is -0.452 e. The number of benzene rings is 1. The van der Waals surface area contributed by atoms with Gasteiger partial charge in [0, 0.05) is 26.2 Å². The van der Waals surface area contributed by atoms with Crippen LogP contribution in [0.2, 0.25) is 0 Å². The Hall–Kier alpha value is -2.45. The molecule has 1 heterocycles. The van der Waals surface area contributed by atoms with Crippen molar-refractivity contribution in [2.24, 2.45) is 5.92 Å². The van der Waals surface area contributed by atoms with Gasteiger partial charge in [0.15, 0.2) is 6.61 Å². The van der Waals surface area contributed by atoms with Crippen LogP contribution in [0.25, 0.3) is 0 Å². The van der Waals surface area contributed by atoms with E-state index >= 15 is 0 Å². The van der Waals surface area contributed by atoms with Crippen LogP contribution in [-0.4, -0.2) is 62.3 Å². The van der Waals surface area contributed by atoms with Crippen LogP contribution in [-0.2, 0) is 20.8 Å². The molecule has 8 heteroatoms. The van der Waals surface area contributed by atoms with Gasteiger partial charge in [-0.3, -0.25) is 15.0 Å². The predicted octanol–water partition coefficient (Wildman–Crippen LogP) is 1.16. The number of rotatable bonds is 7. The Labute approximate surface area is 159 Å². The maximum atomic E-state index is 12.0. The maximum Gasteiger partial charge on any atom is 0.338 e. The first kappa shape index (κ1) is 20.9. The minimum atomic E-state index is -0.673. The molecule has 0 unspecified atom stereocenters. The molecule has 0 spiro atoms. The van der Waals surface area contributed by atoms with Gasteiger partial charge in [-0.25, -0.2) is 9.59 Å². The second kappa shape index (κ2) is 10.6. The fourth-order valence-electron chi connectivity index (χ4n) is 2.48. The van der Waals surface area contributed by atoms with Crippen LogP contribution in [0.3, 0.4) is 0 Å². The van der Waals surface area contributed by atoms with E-state index in [1.165, 1.54) is 0 Å². The molecule has 3 amide bonds. The molecule has 0 aliphatic carbocycles. The zero-order valence-corrected chi connectivity index (χ0v) is 15.8. The van der Waals surface area contributed by atoms with E-state index in [0.717, 1.165) is 38.4 Å². The lowest BCUT2D eigenvalue weighted by molar-refractivity contribution is -0.123. The van der Waals surface area contributed by atoms with Gasteiger partial charge in [0.05, 0.1) is 18.8 Å². The van der Waals surface area contributed by atoms with Crippen LogP contribution >= 0.6 is 0 Å². The zero-order chi connectivity index (χ0) is 19.6. The summed E-state index contributed by atoms with van der Waals surface area (Å²) in [4.78, 5) is 37.4. The number of imide groups is 1. The Morgan fingerprint density at radius 3 is 2.44 bits per heavy atom. The molecule has 2 N–H and O–H groups in total. The first-order valence-electron chi connectivity index (χ1n) is 9.08. The van der Waals surface area contributed by atoms with E-state index in [0.29, 0.717) is 12.1 Å². The van der Waals surface area contributed by atoms with Crippen LogP contribution in [0.1, 0.15) is 29.8 Å². The number of hydrogen-bond donors (Lipinski definition) is 2. The molecule has 8 nitrogen and oxygen atoms in total. The van der Waals surface area contributed by atoms with E-state index in [-0.39, 0.29) is 5.92 Å². The van der Waals surface area contributed by atoms with Crippen molar-refractivity contribution in [3.05, 3.63) is 35.4 Å². The second-order valence-electron chi connectivity index (χ2n) is 6.81. The molecule has 0 aromatic heterocycles. The number of ether oxygens (including phenoxy) is 2. The van der Waals surface area contributed by atoms with Crippen molar-refractivity contribution in [3.8, 4) is 0 Å². The lowest BCUT2D eigenvalue weighted by Gasteiger charge is -2.26. The third-order valence-corrected chi connectivity index (χ3v) is 3.96. The van der Waals surface area contributed by atoms with Crippen molar-refractivity contribution >= 4 is 17.9 Å². The maximum absolute atomic E-state index is 12.0. The van der Waals surface area contributed by atoms with Crippen molar-refractivity contribution in [2.75, 3.05) is 39.5 Å². The number of urea groups is 1. The highest BCUT2D eigenvalue weighted by atomic mass is 16.5. The molecule has 1 aliphatic heterocycles. The summed E-state index contributed by atoms with van der Waals surface area (Å²) in [5.74, 6) is -1.01. The Morgan fingerprint density at radius 1 is 1.15 bits per heavy atom. The fraction of sp³-hybridized carbons (Fsp3) is 0.526. The van der Waals surface area contributed by atoms with Crippen molar-refractivity contribution in [1.82, 2.24) is 15.5 Å². The number of carbonyl (C=O) groups excluding carboxylic acids is 3. The van der Waals surface area contributed by atoms with Crippen molar-refractivity contribution in [1.29, 1.82) is 0 Å².